The summed E-state index contributed by atoms with van der Waals surface area (Å²) in [6.45, 7) is -0.502. The van der Waals surface area contributed by atoms with E-state index in [-0.39, 0.29) is 8.83 Å². The summed E-state index contributed by atoms with van der Waals surface area (Å²) < 4.78 is 0. The van der Waals surface area contributed by atoms with Crippen molar-refractivity contribution in [3.63, 3.8) is 0 Å². The molecule has 0 fully saturated rings. The van der Waals surface area contributed by atoms with Gasteiger partial charge in [-0.1, -0.05) is 36.4 Å². The van der Waals surface area contributed by atoms with E-state index >= 15 is 0 Å². The highest BCUT2D eigenvalue weighted by Gasteiger charge is 2.24. The van der Waals surface area contributed by atoms with Gasteiger partial charge < -0.3 is 4.90 Å². The second kappa shape index (κ2) is 9.58. The summed E-state index contributed by atoms with van der Waals surface area (Å²) in [7, 11) is -1.28. The summed E-state index contributed by atoms with van der Waals surface area (Å²) in [6.07, 6.45) is 0. The van der Waals surface area contributed by atoms with E-state index in [0.717, 1.165) is 32.6 Å². The summed E-state index contributed by atoms with van der Waals surface area (Å²) in [5, 5.41) is 3.03. The molecule has 1 nitrogen and oxygen atoms in total. The number of hydrogen-bond acceptors (Lipinski definition) is 1. The van der Waals surface area contributed by atoms with Crippen molar-refractivity contribution >= 4 is 111 Å². The fourth-order valence-electron chi connectivity index (χ4n) is 2.76. The molecule has 0 saturated heterocycles. The lowest BCUT2D eigenvalue weighted by Gasteiger charge is -2.26. The van der Waals surface area contributed by atoms with Gasteiger partial charge in [0.25, 0.3) is 6.69 Å². The van der Waals surface area contributed by atoms with Crippen molar-refractivity contribution in [3.8, 4) is 0 Å². The summed E-state index contributed by atoms with van der Waals surface area (Å²) >= 11 is 30.9. The van der Waals surface area contributed by atoms with E-state index in [9.17, 15) is 0 Å². The molecular weight excluding hydrogens is 504 g/mol. The maximum absolute atomic E-state index is 6.36. The van der Waals surface area contributed by atoms with Crippen molar-refractivity contribution in [2.75, 3.05) is 4.90 Å². The molecule has 3 aromatic rings. The predicted molar refractivity (Wildman–Crippen MR) is 132 cm³/mol. The monoisotopic (exact) mass is 516 g/mol. The molecule has 3 rings (SSSR count). The van der Waals surface area contributed by atoms with Crippen LogP contribution in [0.1, 0.15) is 0 Å². The molecule has 0 aromatic heterocycles. The van der Waals surface area contributed by atoms with Crippen LogP contribution in [0.4, 0.5) is 17.1 Å². The van der Waals surface area contributed by atoms with Crippen molar-refractivity contribution in [3.05, 3.63) is 72.8 Å². The van der Waals surface area contributed by atoms with Crippen molar-refractivity contribution < 1.29 is 0 Å². The first-order valence-electron chi connectivity index (χ1n) is 8.33. The molecule has 143 valence electrons. The number of benzene rings is 3. The summed E-state index contributed by atoms with van der Waals surface area (Å²) in [4.78, 5) is 2.16. The maximum atomic E-state index is 6.36. The Kier molecular flexibility index (Phi) is 7.61. The number of halogens is 5. The van der Waals surface area contributed by atoms with Crippen LogP contribution in [0.2, 0.25) is 6.55 Å². The first-order chi connectivity index (χ1) is 13.3. The van der Waals surface area contributed by atoms with Crippen molar-refractivity contribution in [1.29, 1.82) is 0 Å². The van der Waals surface area contributed by atoms with E-state index in [1.54, 1.807) is 0 Å². The van der Waals surface area contributed by atoms with Crippen molar-refractivity contribution in [1.82, 2.24) is 0 Å². The first-order valence-corrected chi connectivity index (χ1v) is 18.4. The molecule has 0 atom stereocenters. The standard InChI is InChI=1S/C19H15Cl5NSi3/c1-28(23,24)19-12-6-16(7-13-19)25(14-2-8-17(26-20)9-3-14)15-4-10-18(11-5-15)27(21)22/h2-13H,1H3. The second-order valence-electron chi connectivity index (χ2n) is 6.22. The zero-order valence-electron chi connectivity index (χ0n) is 14.8. The molecule has 0 bridgehead atoms. The van der Waals surface area contributed by atoms with Gasteiger partial charge in [-0.2, -0.15) is 11.1 Å². The molecule has 9 heteroatoms. The van der Waals surface area contributed by atoms with E-state index in [1.165, 1.54) is 0 Å². The second-order valence-corrected chi connectivity index (χ2v) is 19.0. The quantitative estimate of drug-likeness (QED) is 0.305. The van der Waals surface area contributed by atoms with Gasteiger partial charge in [-0.05, 0) is 58.5 Å². The van der Waals surface area contributed by atoms with Gasteiger partial charge in [-0.3, -0.25) is 0 Å². The molecule has 28 heavy (non-hydrogen) atoms. The zero-order chi connectivity index (χ0) is 20.3. The molecule has 0 heterocycles. The highest BCUT2D eigenvalue weighted by molar-refractivity contribution is 7.50. The molecule has 3 aromatic carbocycles. The third-order valence-electron chi connectivity index (χ3n) is 4.21. The molecule has 0 unspecified atom stereocenters. The van der Waals surface area contributed by atoms with E-state index in [4.69, 9.17) is 55.4 Å². The third kappa shape index (κ3) is 5.37. The first kappa shape index (κ1) is 22.3. The molecule has 0 aliphatic rings. The maximum Gasteiger partial charge on any atom is 0.307 e. The Morgan fingerprint density at radius 2 is 1.18 bits per heavy atom. The third-order valence-corrected chi connectivity index (χ3v) is 10.2. The normalized spacial score (nSPS) is 11.7. The Balaban J connectivity index is 2.05. The van der Waals surface area contributed by atoms with E-state index < -0.39 is 14.1 Å². The Morgan fingerprint density at radius 3 is 1.57 bits per heavy atom. The Hall–Kier alpha value is -0.439. The summed E-state index contributed by atoms with van der Waals surface area (Å²) in [5.74, 6) is 0. The van der Waals surface area contributed by atoms with Crippen LogP contribution in [0.3, 0.4) is 0 Å². The molecule has 0 amide bonds. The number of rotatable bonds is 6. The van der Waals surface area contributed by atoms with Gasteiger partial charge in [0.15, 0.2) is 0 Å². The molecular formula is C19H15Cl5NSi3. The number of anilines is 3. The average molecular weight is 519 g/mol. The smallest absolute Gasteiger partial charge is 0.307 e. The average Bonchev–Trinajstić information content (AvgIpc) is 2.69. The van der Waals surface area contributed by atoms with Crippen LogP contribution in [0.5, 0.6) is 0 Å². The van der Waals surface area contributed by atoms with Crippen LogP contribution in [-0.2, 0) is 0 Å². The number of nitrogens with zero attached hydrogens (tertiary/aromatic N) is 1. The lowest BCUT2D eigenvalue weighted by Crippen LogP contribution is -2.32. The highest BCUT2D eigenvalue weighted by Crippen LogP contribution is 2.33. The molecule has 0 spiro atoms. The minimum atomic E-state index is -2.40. The summed E-state index contributed by atoms with van der Waals surface area (Å²) in [5.41, 5.74) is 3.04. The largest absolute Gasteiger partial charge is 0.311 e. The van der Waals surface area contributed by atoms with Gasteiger partial charge in [0.1, 0.15) is 0 Å². The minimum Gasteiger partial charge on any atom is -0.311 e. The van der Waals surface area contributed by atoms with Crippen molar-refractivity contribution in [2.24, 2.45) is 0 Å². The Labute approximate surface area is 194 Å². The van der Waals surface area contributed by atoms with Gasteiger partial charge in [0.2, 0.25) is 8.83 Å². The molecule has 0 aliphatic heterocycles. The fourth-order valence-corrected chi connectivity index (χ4v) is 6.11. The van der Waals surface area contributed by atoms with Gasteiger partial charge in [-0.15, -0.1) is 44.3 Å². The topological polar surface area (TPSA) is 3.24 Å². The molecule has 3 radical (unpaired) electrons. The van der Waals surface area contributed by atoms with Crippen LogP contribution in [0, 0.1) is 0 Å². The van der Waals surface area contributed by atoms with Gasteiger partial charge >= 0.3 is 7.42 Å². The molecule has 0 saturated carbocycles. The van der Waals surface area contributed by atoms with Crippen LogP contribution < -0.4 is 20.5 Å². The van der Waals surface area contributed by atoms with E-state index in [0.29, 0.717) is 0 Å². The summed E-state index contributed by atoms with van der Waals surface area (Å²) in [6, 6.07) is 24.3. The fraction of sp³-hybridized carbons (Fsp3) is 0.0526. The predicted octanol–water partition coefficient (Wildman–Crippen LogP) is 5.57. The van der Waals surface area contributed by atoms with E-state index in [2.05, 4.69) is 17.0 Å². The van der Waals surface area contributed by atoms with E-state index in [1.807, 2.05) is 67.2 Å². The van der Waals surface area contributed by atoms with Gasteiger partial charge in [0.05, 0.1) is 0 Å². The lowest BCUT2D eigenvalue weighted by atomic mass is 10.2. The van der Waals surface area contributed by atoms with Crippen LogP contribution >= 0.6 is 55.4 Å². The highest BCUT2D eigenvalue weighted by atomic mass is 35.7. The SMILES string of the molecule is C[Si](Cl)(Cl)c1ccc(N(c2ccc([Si]Cl)cc2)c2ccc([Si](Cl)Cl)cc2)cc1. The van der Waals surface area contributed by atoms with Crippen molar-refractivity contribution in [2.45, 2.75) is 6.55 Å². The van der Waals surface area contributed by atoms with Crippen LogP contribution in [0.15, 0.2) is 72.8 Å². The zero-order valence-corrected chi connectivity index (χ0v) is 21.5. The van der Waals surface area contributed by atoms with Gasteiger partial charge in [-0.25, -0.2) is 0 Å². The molecule has 0 N–H and O–H groups in total. The van der Waals surface area contributed by atoms with Crippen LogP contribution in [0.25, 0.3) is 0 Å². The Morgan fingerprint density at radius 1 is 0.750 bits per heavy atom. The van der Waals surface area contributed by atoms with Gasteiger partial charge in [0, 0.05) is 17.1 Å². The lowest BCUT2D eigenvalue weighted by molar-refractivity contribution is 1.29. The Bertz CT molecular complexity index is 910. The van der Waals surface area contributed by atoms with Crippen LogP contribution in [-0.4, -0.2) is 22.9 Å². The molecule has 0 aliphatic carbocycles. The minimum absolute atomic E-state index is 0.243. The number of hydrogen-bond donors (Lipinski definition) is 0.